The summed E-state index contributed by atoms with van der Waals surface area (Å²) in [6.07, 6.45) is 31.3. The van der Waals surface area contributed by atoms with E-state index >= 15 is 0 Å². The minimum Gasteiger partial charge on any atom is -0.756 e. The Morgan fingerprint density at radius 3 is 1.98 bits per heavy atom. The Morgan fingerprint density at radius 2 is 1.39 bits per heavy atom. The van der Waals surface area contributed by atoms with E-state index in [0.29, 0.717) is 30.3 Å². The normalized spacial score (nSPS) is 15.5. The number of carbonyl (C=O) groups excluding carboxylic acids is 1. The molecule has 0 aromatic carbocycles. The molecule has 0 saturated heterocycles. The topological polar surface area (TPSA) is 108 Å². The lowest BCUT2D eigenvalue weighted by Crippen LogP contribution is -2.46. The molecule has 0 saturated carbocycles. The van der Waals surface area contributed by atoms with Crippen molar-refractivity contribution in [3.05, 3.63) is 48.6 Å². The van der Waals surface area contributed by atoms with Crippen LogP contribution in [-0.2, 0) is 18.4 Å². The van der Waals surface area contributed by atoms with E-state index in [4.69, 9.17) is 9.05 Å². The summed E-state index contributed by atoms with van der Waals surface area (Å²) in [4.78, 5) is 25.0. The van der Waals surface area contributed by atoms with Crippen LogP contribution < -0.4 is 10.2 Å². The average molecular weight is 641 g/mol. The number of likely N-dealkylation sites (N-methyl/N-ethyl adjacent to an activating group) is 1. The Labute approximate surface area is 269 Å². The van der Waals surface area contributed by atoms with E-state index in [-0.39, 0.29) is 19.1 Å². The fourth-order valence-corrected chi connectivity index (χ4v) is 5.04. The van der Waals surface area contributed by atoms with Gasteiger partial charge in [0.15, 0.2) is 0 Å². The minimum atomic E-state index is -4.56. The predicted octanol–water partition coefficient (Wildman–Crippen LogP) is 7.55. The van der Waals surface area contributed by atoms with E-state index in [2.05, 4.69) is 67.8 Å². The summed E-state index contributed by atoms with van der Waals surface area (Å²) < 4.78 is 23.0. The third-order valence-electron chi connectivity index (χ3n) is 7.08. The molecule has 2 N–H and O–H groups in total. The number of hydrogen-bond donors (Lipinski definition) is 2. The first-order chi connectivity index (χ1) is 21.0. The Bertz CT molecular complexity index is 866. The van der Waals surface area contributed by atoms with Gasteiger partial charge in [0, 0.05) is 6.42 Å². The highest BCUT2D eigenvalue weighted by Crippen LogP contribution is 2.38. The van der Waals surface area contributed by atoms with Crippen molar-refractivity contribution in [3.63, 3.8) is 0 Å². The zero-order valence-electron chi connectivity index (χ0n) is 28.6. The summed E-state index contributed by atoms with van der Waals surface area (Å²) in [6, 6.07) is -0.818. The number of amides is 1. The van der Waals surface area contributed by atoms with Crippen LogP contribution in [0, 0.1) is 0 Å². The van der Waals surface area contributed by atoms with Crippen molar-refractivity contribution in [1.82, 2.24) is 5.32 Å². The van der Waals surface area contributed by atoms with Gasteiger partial charge in [0.05, 0.1) is 39.9 Å². The molecule has 0 radical (unpaired) electrons. The van der Waals surface area contributed by atoms with Crippen LogP contribution in [0.25, 0.3) is 0 Å². The largest absolute Gasteiger partial charge is 0.756 e. The number of phosphoric ester groups is 1. The fourth-order valence-electron chi connectivity index (χ4n) is 4.32. The van der Waals surface area contributed by atoms with Crippen molar-refractivity contribution in [2.45, 2.75) is 129 Å². The standard InChI is InChI=1S/C35H65N2O6P/c1-6-8-10-12-14-15-16-17-18-19-20-21-23-25-27-29-35(39)36-33(34(38)28-26-24-22-13-11-9-7-2)32-43-44(40,41)42-31-30-37(3,4)5/h8,10,14-15,17-18,20-21,33-34,38H,6-7,9,11-13,16,19,22-32H2,1-5H3,(H-,36,39,40,41)/b10-8-,15-14-,18-17-,21-20-. The van der Waals surface area contributed by atoms with Gasteiger partial charge in [0.1, 0.15) is 13.2 Å². The second kappa shape index (κ2) is 27.7. The maximum absolute atomic E-state index is 12.7. The van der Waals surface area contributed by atoms with E-state index in [9.17, 15) is 19.4 Å². The first-order valence-corrected chi connectivity index (χ1v) is 18.4. The van der Waals surface area contributed by atoms with Gasteiger partial charge in [-0.25, -0.2) is 0 Å². The van der Waals surface area contributed by atoms with Gasteiger partial charge in [-0.3, -0.25) is 9.36 Å². The molecule has 44 heavy (non-hydrogen) atoms. The Kier molecular flexibility index (Phi) is 26.8. The van der Waals surface area contributed by atoms with Gasteiger partial charge in [-0.15, -0.1) is 0 Å². The van der Waals surface area contributed by atoms with Gasteiger partial charge >= 0.3 is 0 Å². The zero-order valence-corrected chi connectivity index (χ0v) is 29.5. The van der Waals surface area contributed by atoms with Crippen LogP contribution in [0.4, 0.5) is 0 Å². The highest BCUT2D eigenvalue weighted by atomic mass is 31.2. The number of nitrogens with one attached hydrogen (secondary N) is 1. The summed E-state index contributed by atoms with van der Waals surface area (Å²) in [5, 5.41) is 13.7. The molecule has 3 unspecified atom stereocenters. The minimum absolute atomic E-state index is 0.00116. The van der Waals surface area contributed by atoms with Crippen LogP contribution in [0.1, 0.15) is 117 Å². The predicted molar refractivity (Wildman–Crippen MR) is 182 cm³/mol. The second-order valence-corrected chi connectivity index (χ2v) is 13.9. The maximum atomic E-state index is 12.7. The lowest BCUT2D eigenvalue weighted by atomic mass is 10.0. The number of rotatable bonds is 29. The highest BCUT2D eigenvalue weighted by Gasteiger charge is 2.24. The molecular formula is C35H65N2O6P. The first kappa shape index (κ1) is 42.5. The molecule has 9 heteroatoms. The number of nitrogens with zero attached hydrogens (tertiary/aromatic N) is 1. The summed E-state index contributed by atoms with van der Waals surface area (Å²) in [6.45, 7) is 4.47. The van der Waals surface area contributed by atoms with E-state index in [1.54, 1.807) is 0 Å². The molecule has 1 amide bonds. The molecule has 0 aliphatic carbocycles. The van der Waals surface area contributed by atoms with Gasteiger partial charge in [-0.05, 0) is 51.4 Å². The molecular weight excluding hydrogens is 575 g/mol. The molecule has 256 valence electrons. The van der Waals surface area contributed by atoms with Gasteiger partial charge in [-0.2, -0.15) is 0 Å². The average Bonchev–Trinajstić information content (AvgIpc) is 2.95. The third kappa shape index (κ3) is 29.2. The molecule has 0 fully saturated rings. The first-order valence-electron chi connectivity index (χ1n) is 17.0. The number of aliphatic hydroxyl groups excluding tert-OH is 1. The van der Waals surface area contributed by atoms with Crippen LogP contribution in [0.15, 0.2) is 48.6 Å². The Morgan fingerprint density at radius 1 is 0.818 bits per heavy atom. The van der Waals surface area contributed by atoms with Crippen molar-refractivity contribution in [3.8, 4) is 0 Å². The van der Waals surface area contributed by atoms with Gasteiger partial charge in [-0.1, -0.05) is 107 Å². The van der Waals surface area contributed by atoms with E-state index in [1.165, 1.54) is 25.7 Å². The molecule has 0 aromatic rings. The van der Waals surface area contributed by atoms with Crippen LogP contribution in [-0.4, -0.2) is 68.5 Å². The van der Waals surface area contributed by atoms with Crippen LogP contribution >= 0.6 is 7.82 Å². The van der Waals surface area contributed by atoms with Crippen molar-refractivity contribution < 1.29 is 32.9 Å². The van der Waals surface area contributed by atoms with Crippen molar-refractivity contribution >= 4 is 13.7 Å². The number of unbranched alkanes of at least 4 members (excludes halogenated alkanes) is 8. The van der Waals surface area contributed by atoms with Crippen molar-refractivity contribution in [1.29, 1.82) is 0 Å². The maximum Gasteiger partial charge on any atom is 0.268 e. The van der Waals surface area contributed by atoms with E-state index < -0.39 is 20.0 Å². The molecule has 0 aliphatic rings. The van der Waals surface area contributed by atoms with Crippen LogP contribution in [0.2, 0.25) is 0 Å². The summed E-state index contributed by atoms with van der Waals surface area (Å²) in [5.41, 5.74) is 0. The molecule has 0 aliphatic heterocycles. The SMILES string of the molecule is CC/C=C\C/C=C\C/C=C\C/C=C\CCCCC(=O)NC(COP(=O)([O-])OCC[N+](C)(C)C)C(O)CCCCCCCCC. The van der Waals surface area contributed by atoms with E-state index in [1.807, 2.05) is 21.1 Å². The zero-order chi connectivity index (χ0) is 32.9. The number of aliphatic hydroxyl groups is 1. The van der Waals surface area contributed by atoms with E-state index in [0.717, 1.165) is 57.8 Å². The smallest absolute Gasteiger partial charge is 0.268 e. The van der Waals surface area contributed by atoms with Gasteiger partial charge in [0.25, 0.3) is 7.82 Å². The van der Waals surface area contributed by atoms with Crippen LogP contribution in [0.5, 0.6) is 0 Å². The van der Waals surface area contributed by atoms with Gasteiger partial charge < -0.3 is 28.8 Å². The monoisotopic (exact) mass is 640 g/mol. The quantitative estimate of drug-likeness (QED) is 0.0378. The molecule has 0 aromatic heterocycles. The molecule has 0 rings (SSSR count). The van der Waals surface area contributed by atoms with Crippen molar-refractivity contribution in [2.75, 3.05) is 40.9 Å². The number of phosphoric acid groups is 1. The van der Waals surface area contributed by atoms with Crippen molar-refractivity contribution in [2.24, 2.45) is 0 Å². The molecule has 8 nitrogen and oxygen atoms in total. The lowest BCUT2D eigenvalue weighted by Gasteiger charge is -2.30. The fraction of sp³-hybridized carbons (Fsp3) is 0.743. The molecule has 3 atom stereocenters. The molecule has 0 spiro atoms. The lowest BCUT2D eigenvalue weighted by molar-refractivity contribution is -0.870. The second-order valence-electron chi connectivity index (χ2n) is 12.5. The number of carbonyl (C=O) groups is 1. The number of allylic oxidation sites excluding steroid dienone is 8. The summed E-state index contributed by atoms with van der Waals surface area (Å²) in [5.74, 6) is -0.214. The summed E-state index contributed by atoms with van der Waals surface area (Å²) >= 11 is 0. The molecule has 0 heterocycles. The Balaban J connectivity index is 4.56. The Hall–Kier alpha value is -1.54. The number of hydrogen-bond acceptors (Lipinski definition) is 6. The van der Waals surface area contributed by atoms with Gasteiger partial charge in [0.2, 0.25) is 5.91 Å². The van der Waals surface area contributed by atoms with Crippen LogP contribution in [0.3, 0.4) is 0 Å². The highest BCUT2D eigenvalue weighted by molar-refractivity contribution is 7.45. The molecule has 0 bridgehead atoms. The number of quaternary nitrogens is 1. The summed E-state index contributed by atoms with van der Waals surface area (Å²) in [7, 11) is 1.26. The third-order valence-corrected chi connectivity index (χ3v) is 8.05.